The van der Waals surface area contributed by atoms with Gasteiger partial charge in [-0.15, -0.1) is 0 Å². The fourth-order valence-corrected chi connectivity index (χ4v) is 8.94. The maximum Gasteiger partial charge on any atom is 0.348 e. The van der Waals surface area contributed by atoms with Crippen molar-refractivity contribution in [2.75, 3.05) is 62.7 Å². The van der Waals surface area contributed by atoms with Crippen LogP contribution in [0, 0.1) is 0 Å². The Morgan fingerprint density at radius 1 is 0.793 bits per heavy atom. The summed E-state index contributed by atoms with van der Waals surface area (Å²) in [6.07, 6.45) is 1.71. The van der Waals surface area contributed by atoms with Crippen LogP contribution in [0.4, 0.5) is 0 Å². The second-order valence-corrected chi connectivity index (χ2v) is 14.4. The summed E-state index contributed by atoms with van der Waals surface area (Å²) in [6, 6.07) is 14.2. The molecule has 0 radical (unpaired) electrons. The summed E-state index contributed by atoms with van der Waals surface area (Å²) in [6.45, 7) is 0.593. The zero-order valence-corrected chi connectivity index (χ0v) is 32.4. The third kappa shape index (κ3) is 5.22. The maximum atomic E-state index is 13.7. The van der Waals surface area contributed by atoms with Crippen LogP contribution in [-0.2, 0) is 31.4 Å². The molecule has 0 amide bonds. The number of ether oxygens (including phenoxy) is 10. The highest BCUT2D eigenvalue weighted by Crippen LogP contribution is 2.64. The van der Waals surface area contributed by atoms with E-state index in [1.165, 1.54) is 28.4 Å². The molecule has 1 aliphatic carbocycles. The summed E-state index contributed by atoms with van der Waals surface area (Å²) >= 11 is 0. The van der Waals surface area contributed by atoms with Gasteiger partial charge in [-0.3, -0.25) is 4.84 Å². The minimum absolute atomic E-state index is 0.0780. The molecule has 5 heterocycles. The number of likely N-dealkylation sites (N-methyl/N-ethyl adjacent to an activating group) is 2. The first kappa shape index (κ1) is 36.2. The zero-order valence-electron chi connectivity index (χ0n) is 32.4. The molecule has 1 saturated heterocycles. The van der Waals surface area contributed by atoms with Crippen LogP contribution in [0.3, 0.4) is 0 Å². The quantitative estimate of drug-likeness (QED) is 0.150. The number of benzene rings is 4. The van der Waals surface area contributed by atoms with Gasteiger partial charge in [0.2, 0.25) is 13.6 Å². The van der Waals surface area contributed by atoms with Gasteiger partial charge in [0.1, 0.15) is 23.0 Å². The number of hydroxylamine groups is 4. The molecule has 16 nitrogen and oxygen atoms in total. The van der Waals surface area contributed by atoms with Crippen molar-refractivity contribution in [3.05, 3.63) is 93.0 Å². The third-order valence-electron chi connectivity index (χ3n) is 11.5. The van der Waals surface area contributed by atoms with Gasteiger partial charge in [-0.2, -0.15) is 10.1 Å². The lowest BCUT2D eigenvalue weighted by molar-refractivity contribution is -0.291. The molecule has 58 heavy (non-hydrogen) atoms. The Morgan fingerprint density at radius 3 is 2.12 bits per heavy atom. The molecule has 1 fully saturated rings. The monoisotopic (exact) mass is 794 g/mol. The van der Waals surface area contributed by atoms with Gasteiger partial charge in [0, 0.05) is 31.8 Å². The number of cyclic esters (lactones) is 1. The van der Waals surface area contributed by atoms with Gasteiger partial charge in [0.25, 0.3) is 5.79 Å². The molecule has 0 unspecified atom stereocenters. The molecule has 10 rings (SSSR count). The fourth-order valence-electron chi connectivity index (χ4n) is 8.94. The molecular formula is C42H38N2O14. The number of esters is 2. The van der Waals surface area contributed by atoms with E-state index < -0.39 is 35.8 Å². The van der Waals surface area contributed by atoms with Crippen molar-refractivity contribution < 1.29 is 66.6 Å². The van der Waals surface area contributed by atoms with Crippen molar-refractivity contribution in [2.45, 2.75) is 30.3 Å². The van der Waals surface area contributed by atoms with Crippen molar-refractivity contribution >= 4 is 23.8 Å². The first-order chi connectivity index (χ1) is 28.2. The average Bonchev–Trinajstić information content (AvgIpc) is 4.08. The number of methoxy groups -OCH3 is 4. The SMILES string of the molecule is COc1ccc2c(c1OC)C(=O)OC2=Cc1cc2c(cc1CCN(C)O[C@H]1c3cc4c(cc3[C@H]3[C@@H]1N(C)O[C@@]31OC(=O)c3c1ccc(OC)c3OC)OCO4)OCO2. The van der Waals surface area contributed by atoms with Crippen LogP contribution < -0.4 is 37.9 Å². The van der Waals surface area contributed by atoms with Gasteiger partial charge in [0.15, 0.2) is 46.0 Å². The first-order valence-corrected chi connectivity index (χ1v) is 18.5. The molecule has 4 atom stereocenters. The van der Waals surface area contributed by atoms with E-state index in [-0.39, 0.29) is 24.9 Å². The van der Waals surface area contributed by atoms with Crippen LogP contribution in [0.15, 0.2) is 48.5 Å². The molecule has 0 aromatic heterocycles. The second kappa shape index (κ2) is 13.4. The van der Waals surface area contributed by atoms with E-state index in [1.54, 1.807) is 41.4 Å². The van der Waals surface area contributed by atoms with Gasteiger partial charge in [-0.1, -0.05) is 0 Å². The molecule has 5 aliphatic heterocycles. The molecular weight excluding hydrogens is 756 g/mol. The van der Waals surface area contributed by atoms with E-state index >= 15 is 0 Å². The highest BCUT2D eigenvalue weighted by molar-refractivity contribution is 6.08. The second-order valence-electron chi connectivity index (χ2n) is 14.4. The number of carbonyl (C=O) groups is 2. The predicted octanol–water partition coefficient (Wildman–Crippen LogP) is 5.36. The van der Waals surface area contributed by atoms with Crippen molar-refractivity contribution in [2.24, 2.45) is 0 Å². The number of hydrogen-bond donors (Lipinski definition) is 0. The molecule has 0 saturated carbocycles. The van der Waals surface area contributed by atoms with E-state index in [2.05, 4.69) is 0 Å². The van der Waals surface area contributed by atoms with E-state index in [1.807, 2.05) is 37.4 Å². The lowest BCUT2D eigenvalue weighted by atomic mass is 9.84. The number of nitrogens with zero attached hydrogens (tertiary/aromatic N) is 2. The Bertz CT molecular complexity index is 2450. The Labute approximate surface area is 332 Å². The molecule has 6 aliphatic rings. The summed E-state index contributed by atoms with van der Waals surface area (Å²) in [4.78, 5) is 40.2. The Morgan fingerprint density at radius 2 is 1.43 bits per heavy atom. The van der Waals surface area contributed by atoms with Gasteiger partial charge in [-0.25, -0.2) is 14.4 Å². The van der Waals surface area contributed by atoms with Crippen molar-refractivity contribution in [1.82, 2.24) is 10.1 Å². The normalized spacial score (nSPS) is 23.6. The van der Waals surface area contributed by atoms with Crippen LogP contribution in [-0.4, -0.2) is 90.8 Å². The molecule has 4 aromatic carbocycles. The van der Waals surface area contributed by atoms with E-state index in [0.29, 0.717) is 75.7 Å². The Kier molecular flexibility index (Phi) is 8.38. The van der Waals surface area contributed by atoms with Gasteiger partial charge in [0.05, 0.1) is 40.4 Å². The first-order valence-electron chi connectivity index (χ1n) is 18.5. The summed E-state index contributed by atoms with van der Waals surface area (Å²) < 4.78 is 57.2. The van der Waals surface area contributed by atoms with Crippen LogP contribution >= 0.6 is 0 Å². The van der Waals surface area contributed by atoms with Crippen molar-refractivity contribution in [1.29, 1.82) is 0 Å². The summed E-state index contributed by atoms with van der Waals surface area (Å²) in [5.74, 6) is 0.903. The Balaban J connectivity index is 0.969. The van der Waals surface area contributed by atoms with Gasteiger partial charge >= 0.3 is 11.9 Å². The van der Waals surface area contributed by atoms with Gasteiger partial charge in [-0.05, 0) is 83.3 Å². The van der Waals surface area contributed by atoms with Crippen LogP contribution in [0.25, 0.3) is 11.8 Å². The topological polar surface area (TPSA) is 151 Å². The number of rotatable bonds is 10. The third-order valence-corrected chi connectivity index (χ3v) is 11.5. The van der Waals surface area contributed by atoms with Crippen LogP contribution in [0.5, 0.6) is 46.0 Å². The fraction of sp³-hybridized carbons (Fsp3) is 0.333. The lowest BCUT2D eigenvalue weighted by Crippen LogP contribution is -2.35. The molecule has 300 valence electrons. The zero-order chi connectivity index (χ0) is 40.0. The number of hydrogen-bond acceptors (Lipinski definition) is 16. The Hall–Kier alpha value is -6.20. The predicted molar refractivity (Wildman–Crippen MR) is 200 cm³/mol. The molecule has 0 bridgehead atoms. The van der Waals surface area contributed by atoms with E-state index in [9.17, 15) is 9.59 Å². The van der Waals surface area contributed by atoms with Gasteiger partial charge < -0.3 is 47.4 Å². The van der Waals surface area contributed by atoms with Crippen molar-refractivity contribution in [3.63, 3.8) is 0 Å². The lowest BCUT2D eigenvalue weighted by Gasteiger charge is -2.28. The number of fused-ring (bicyclic) bond motifs is 9. The largest absolute Gasteiger partial charge is 0.493 e. The molecule has 0 N–H and O–H groups in total. The molecule has 4 aromatic rings. The standard InChI is InChI=1S/C42H38N2O14/c1-43(12-11-20-13-29-30(52-18-51-29)15-21(20)14-28-22-7-9-26(47-3)38(49-5)33(22)40(45)55-28)57-37-24-17-32-31(53-19-54-32)16-23(24)35-36(37)44(2)58-42(35)25-8-10-27(48-4)39(50-6)34(25)41(46)56-42/h7-10,13-17,35-37H,11-12,18-19H2,1-6H3/t35-,36-,37-,42+/m0/s1. The molecule has 16 heteroatoms. The maximum absolute atomic E-state index is 13.7. The smallest absolute Gasteiger partial charge is 0.348 e. The summed E-state index contributed by atoms with van der Waals surface area (Å²) in [7, 11) is 9.63. The van der Waals surface area contributed by atoms with E-state index in [0.717, 1.165) is 22.3 Å². The van der Waals surface area contributed by atoms with Crippen LogP contribution in [0.1, 0.15) is 66.1 Å². The highest BCUT2D eigenvalue weighted by Gasteiger charge is 2.68. The average molecular weight is 795 g/mol. The minimum Gasteiger partial charge on any atom is -0.493 e. The highest BCUT2D eigenvalue weighted by atomic mass is 16.8. The van der Waals surface area contributed by atoms with Crippen molar-refractivity contribution in [3.8, 4) is 46.0 Å². The van der Waals surface area contributed by atoms with Crippen LogP contribution in [0.2, 0.25) is 0 Å². The van der Waals surface area contributed by atoms with E-state index in [4.69, 9.17) is 57.0 Å². The summed E-state index contributed by atoms with van der Waals surface area (Å²) in [5, 5.41) is 3.47. The summed E-state index contributed by atoms with van der Waals surface area (Å²) in [5.41, 5.74) is 4.96. The number of carbonyl (C=O) groups excluding carboxylic acids is 2. The molecule has 1 spiro atoms. The minimum atomic E-state index is -1.53.